The van der Waals surface area contributed by atoms with Crippen LogP contribution in [0.2, 0.25) is 0 Å². The van der Waals surface area contributed by atoms with Gasteiger partial charge in [0.15, 0.2) is 0 Å². The molecular weight excluding hydrogens is 474 g/mol. The van der Waals surface area contributed by atoms with Crippen LogP contribution >= 0.6 is 11.3 Å². The van der Waals surface area contributed by atoms with Crippen molar-refractivity contribution < 1.29 is 13.2 Å². The number of amides is 1. The van der Waals surface area contributed by atoms with Crippen molar-refractivity contribution >= 4 is 38.3 Å². The lowest BCUT2D eigenvalue weighted by atomic mass is 10.0. The number of nitrogens with zero attached hydrogens (tertiary/aromatic N) is 2. The van der Waals surface area contributed by atoms with Gasteiger partial charge in [0, 0.05) is 43.9 Å². The Morgan fingerprint density at radius 3 is 2.38 bits per heavy atom. The van der Waals surface area contributed by atoms with Crippen LogP contribution in [0, 0.1) is 0 Å². The molecule has 4 N–H and O–H groups in total. The third kappa shape index (κ3) is 4.42. The zero-order valence-electron chi connectivity index (χ0n) is 18.2. The lowest BCUT2D eigenvalue weighted by molar-refractivity contribution is 0.0628. The first-order valence-electron chi connectivity index (χ1n) is 10.7. The SMILES string of the molecule is NS(=O)(=O)c1ccc2[nH]c(=O)[nH]c2c1-c1ccc(C(=O)N2CCN(Cc3ccsc3)CC2)cc1. The summed E-state index contributed by atoms with van der Waals surface area (Å²) in [6.07, 6.45) is 0. The fourth-order valence-electron chi connectivity index (χ4n) is 4.32. The molecule has 11 heteroatoms. The molecule has 9 nitrogen and oxygen atoms in total. The van der Waals surface area contributed by atoms with Crippen LogP contribution in [0.1, 0.15) is 15.9 Å². The van der Waals surface area contributed by atoms with Gasteiger partial charge in [-0.3, -0.25) is 9.69 Å². The van der Waals surface area contributed by atoms with Gasteiger partial charge < -0.3 is 14.9 Å². The van der Waals surface area contributed by atoms with Gasteiger partial charge in [-0.05, 0) is 52.2 Å². The predicted molar refractivity (Wildman–Crippen MR) is 131 cm³/mol. The Morgan fingerprint density at radius 2 is 1.74 bits per heavy atom. The number of H-pyrrole nitrogens is 2. The van der Waals surface area contributed by atoms with Gasteiger partial charge in [-0.2, -0.15) is 11.3 Å². The van der Waals surface area contributed by atoms with E-state index in [2.05, 4.69) is 31.7 Å². The number of nitrogens with two attached hydrogens (primary N) is 1. The lowest BCUT2D eigenvalue weighted by Crippen LogP contribution is -2.48. The van der Waals surface area contributed by atoms with Crippen LogP contribution in [-0.2, 0) is 16.6 Å². The summed E-state index contributed by atoms with van der Waals surface area (Å²) in [5.41, 5.74) is 2.99. The highest BCUT2D eigenvalue weighted by Gasteiger charge is 2.23. The van der Waals surface area contributed by atoms with Gasteiger partial charge in [-0.1, -0.05) is 12.1 Å². The van der Waals surface area contributed by atoms with Gasteiger partial charge >= 0.3 is 5.69 Å². The number of imidazole rings is 1. The number of carbonyl (C=O) groups is 1. The van der Waals surface area contributed by atoms with E-state index in [1.807, 2.05) is 4.90 Å². The third-order valence-electron chi connectivity index (χ3n) is 6.03. The van der Waals surface area contributed by atoms with E-state index < -0.39 is 15.7 Å². The van der Waals surface area contributed by atoms with Gasteiger partial charge in [0.1, 0.15) is 0 Å². The van der Waals surface area contributed by atoms with E-state index in [4.69, 9.17) is 5.14 Å². The Bertz CT molecular complexity index is 1500. The van der Waals surface area contributed by atoms with Gasteiger partial charge in [-0.25, -0.2) is 18.4 Å². The number of nitrogens with one attached hydrogen (secondary N) is 2. The summed E-state index contributed by atoms with van der Waals surface area (Å²) in [7, 11) is -4.05. The highest BCUT2D eigenvalue weighted by Crippen LogP contribution is 2.32. The van der Waals surface area contributed by atoms with Crippen LogP contribution in [0.15, 0.2) is 62.9 Å². The second kappa shape index (κ2) is 8.84. The number of carbonyl (C=O) groups excluding carboxylic acids is 1. The molecule has 1 fully saturated rings. The average molecular weight is 498 g/mol. The minimum Gasteiger partial charge on any atom is -0.336 e. The number of aromatic nitrogens is 2. The molecule has 0 aliphatic carbocycles. The molecule has 2 aromatic heterocycles. The predicted octanol–water partition coefficient (Wildman–Crippen LogP) is 2.19. The Morgan fingerprint density at radius 1 is 1.00 bits per heavy atom. The number of aromatic amines is 2. The second-order valence-corrected chi connectivity index (χ2v) is 10.6. The van der Waals surface area contributed by atoms with Crippen molar-refractivity contribution in [3.63, 3.8) is 0 Å². The Balaban J connectivity index is 1.37. The van der Waals surface area contributed by atoms with Crippen LogP contribution in [0.25, 0.3) is 22.2 Å². The molecule has 1 aliphatic heterocycles. The van der Waals surface area contributed by atoms with Gasteiger partial charge in [0.05, 0.1) is 15.9 Å². The van der Waals surface area contributed by atoms with E-state index in [0.717, 1.165) is 19.6 Å². The molecule has 5 rings (SSSR count). The largest absolute Gasteiger partial charge is 0.336 e. The highest BCUT2D eigenvalue weighted by atomic mass is 32.2. The normalized spacial score (nSPS) is 15.1. The Hall–Kier alpha value is -3.25. The summed E-state index contributed by atoms with van der Waals surface area (Å²) >= 11 is 1.68. The quantitative estimate of drug-likeness (QED) is 0.389. The van der Waals surface area contributed by atoms with E-state index in [-0.39, 0.29) is 10.8 Å². The number of hydrogen-bond acceptors (Lipinski definition) is 6. The van der Waals surface area contributed by atoms with Gasteiger partial charge in [0.25, 0.3) is 5.91 Å². The summed E-state index contributed by atoms with van der Waals surface area (Å²) in [5.74, 6) is -0.0679. The average Bonchev–Trinajstić information content (AvgIpc) is 3.46. The highest BCUT2D eigenvalue weighted by molar-refractivity contribution is 7.89. The summed E-state index contributed by atoms with van der Waals surface area (Å²) in [4.78, 5) is 34.2. The molecule has 176 valence electrons. The molecule has 0 spiro atoms. The van der Waals surface area contributed by atoms with E-state index in [1.54, 1.807) is 35.6 Å². The Labute approximate surface area is 199 Å². The molecule has 34 heavy (non-hydrogen) atoms. The summed E-state index contributed by atoms with van der Waals surface area (Å²) in [5, 5.41) is 9.64. The van der Waals surface area contributed by atoms with Crippen molar-refractivity contribution in [3.8, 4) is 11.1 Å². The molecule has 0 unspecified atom stereocenters. The molecule has 2 aromatic carbocycles. The maximum Gasteiger partial charge on any atom is 0.323 e. The number of primary sulfonamides is 1. The molecule has 3 heterocycles. The number of thiophene rings is 1. The zero-order valence-corrected chi connectivity index (χ0v) is 19.8. The van der Waals surface area contributed by atoms with Crippen molar-refractivity contribution in [2.24, 2.45) is 5.14 Å². The van der Waals surface area contributed by atoms with Crippen LogP contribution in [0.5, 0.6) is 0 Å². The first kappa shape index (κ1) is 22.5. The van der Waals surface area contributed by atoms with Crippen molar-refractivity contribution in [2.45, 2.75) is 11.4 Å². The van der Waals surface area contributed by atoms with E-state index in [0.29, 0.717) is 40.8 Å². The number of fused-ring (bicyclic) bond motifs is 1. The molecule has 1 saturated heterocycles. The van der Waals surface area contributed by atoms with Crippen molar-refractivity contribution in [1.82, 2.24) is 19.8 Å². The molecule has 1 amide bonds. The van der Waals surface area contributed by atoms with Crippen LogP contribution in [0.3, 0.4) is 0 Å². The monoisotopic (exact) mass is 497 g/mol. The van der Waals surface area contributed by atoms with E-state index >= 15 is 0 Å². The number of sulfonamides is 1. The van der Waals surface area contributed by atoms with Crippen LogP contribution in [-0.4, -0.2) is 60.3 Å². The van der Waals surface area contributed by atoms with Crippen molar-refractivity contribution in [1.29, 1.82) is 0 Å². The molecule has 0 saturated carbocycles. The topological polar surface area (TPSA) is 132 Å². The maximum atomic E-state index is 13.1. The van der Waals surface area contributed by atoms with E-state index in [9.17, 15) is 18.0 Å². The lowest BCUT2D eigenvalue weighted by Gasteiger charge is -2.34. The Kier molecular flexibility index (Phi) is 5.86. The molecule has 0 bridgehead atoms. The van der Waals surface area contributed by atoms with Crippen LogP contribution in [0.4, 0.5) is 0 Å². The summed E-state index contributed by atoms with van der Waals surface area (Å²) in [6, 6.07) is 11.7. The van der Waals surface area contributed by atoms with E-state index in [1.165, 1.54) is 17.7 Å². The smallest absolute Gasteiger partial charge is 0.323 e. The first-order valence-corrected chi connectivity index (χ1v) is 13.2. The van der Waals surface area contributed by atoms with Gasteiger partial charge in [-0.15, -0.1) is 0 Å². The van der Waals surface area contributed by atoms with Crippen molar-refractivity contribution in [2.75, 3.05) is 26.2 Å². The second-order valence-electron chi connectivity index (χ2n) is 8.26. The minimum absolute atomic E-state index is 0.0679. The molecule has 0 atom stereocenters. The summed E-state index contributed by atoms with van der Waals surface area (Å²) in [6.45, 7) is 3.79. The summed E-state index contributed by atoms with van der Waals surface area (Å²) < 4.78 is 24.4. The first-order chi connectivity index (χ1) is 16.3. The zero-order chi connectivity index (χ0) is 23.9. The number of benzene rings is 2. The fourth-order valence-corrected chi connectivity index (χ4v) is 5.74. The number of hydrogen-bond donors (Lipinski definition) is 3. The van der Waals surface area contributed by atoms with Crippen molar-refractivity contribution in [3.05, 3.63) is 74.8 Å². The third-order valence-corrected chi connectivity index (χ3v) is 7.71. The standard InChI is InChI=1S/C23H23N5O4S2/c24-34(31,32)19-6-5-18-21(26-23(30)25-18)20(19)16-1-3-17(4-2-16)22(29)28-10-8-27(9-11-28)13-15-7-12-33-14-15/h1-7,12,14H,8-11,13H2,(H2,24,31,32)(H2,25,26,30). The van der Waals surface area contributed by atoms with Gasteiger partial charge in [0.2, 0.25) is 10.0 Å². The minimum atomic E-state index is -4.05. The molecule has 4 aromatic rings. The van der Waals surface area contributed by atoms with Crippen LogP contribution < -0.4 is 10.8 Å². The maximum absolute atomic E-state index is 13.1. The molecule has 1 aliphatic rings. The molecule has 0 radical (unpaired) electrons. The fraction of sp³-hybridized carbons (Fsp3) is 0.217. The number of rotatable bonds is 5. The molecular formula is C23H23N5O4S2. The number of piperazine rings is 1.